The smallest absolute Gasteiger partial charge is 0.313 e. The fraction of sp³-hybridized carbons (Fsp3) is 0.536. The van der Waals surface area contributed by atoms with Gasteiger partial charge in [-0.1, -0.05) is 6.07 Å². The number of carboxylic acid groups (broad SMARTS) is 1. The second kappa shape index (κ2) is 10.6. The molecule has 4 aromatic rings. The molecule has 0 bridgehead atoms. The maximum absolute atomic E-state index is 11.6. The molecule has 41 heavy (non-hydrogen) atoms. The Kier molecular flexibility index (Phi) is 7.14. The first-order valence-corrected chi connectivity index (χ1v) is 14.0. The number of aromatic nitrogens is 6. The first-order chi connectivity index (χ1) is 19.7. The van der Waals surface area contributed by atoms with Gasteiger partial charge < -0.3 is 35.7 Å². The number of hydrogen-bond acceptors (Lipinski definition) is 10. The van der Waals surface area contributed by atoms with Crippen LogP contribution in [0.2, 0.25) is 0 Å². The van der Waals surface area contributed by atoms with Crippen molar-refractivity contribution in [2.24, 2.45) is 5.92 Å². The molecule has 4 atom stereocenters. The molecular weight excluding hydrogens is 528 g/mol. The van der Waals surface area contributed by atoms with Crippen molar-refractivity contribution in [1.29, 1.82) is 0 Å². The SMILES string of the molecule is CNc1ncnc2c1ncn2C1OC(CNC2CC(CCc3nc4ccc(C(C)(C)C(=O)O)cc4[nH]3)C2)C(O)C1O. The number of benzene rings is 1. The Balaban J connectivity index is 0.988. The zero-order valence-corrected chi connectivity index (χ0v) is 23.3. The number of carbonyl (C=O) groups is 1. The number of fused-ring (bicyclic) bond motifs is 2. The number of ether oxygens (including phenoxy) is 1. The van der Waals surface area contributed by atoms with Crippen molar-refractivity contribution in [3.05, 3.63) is 42.2 Å². The Morgan fingerprint density at radius 2 is 2.00 bits per heavy atom. The van der Waals surface area contributed by atoms with Crippen LogP contribution in [0, 0.1) is 5.92 Å². The summed E-state index contributed by atoms with van der Waals surface area (Å²) in [7, 11) is 1.75. The summed E-state index contributed by atoms with van der Waals surface area (Å²) in [5, 5.41) is 37.4. The molecule has 1 saturated heterocycles. The van der Waals surface area contributed by atoms with Crippen LogP contribution in [0.5, 0.6) is 0 Å². The van der Waals surface area contributed by atoms with Gasteiger partial charge in [0.05, 0.1) is 22.8 Å². The van der Waals surface area contributed by atoms with E-state index in [1.54, 1.807) is 31.8 Å². The quantitative estimate of drug-likeness (QED) is 0.165. The van der Waals surface area contributed by atoms with Crippen LogP contribution in [0.3, 0.4) is 0 Å². The minimum atomic E-state index is -1.11. The summed E-state index contributed by atoms with van der Waals surface area (Å²) in [6.45, 7) is 3.82. The highest BCUT2D eigenvalue weighted by molar-refractivity contribution is 5.84. The molecule has 2 fully saturated rings. The number of hydrogen-bond donors (Lipinski definition) is 6. The summed E-state index contributed by atoms with van der Waals surface area (Å²) in [6, 6.07) is 5.92. The summed E-state index contributed by atoms with van der Waals surface area (Å²) in [5.41, 5.74) is 2.56. The molecule has 3 aromatic heterocycles. The summed E-state index contributed by atoms with van der Waals surface area (Å²) < 4.78 is 7.70. The molecule has 1 aliphatic heterocycles. The Morgan fingerprint density at radius 1 is 1.20 bits per heavy atom. The van der Waals surface area contributed by atoms with Gasteiger partial charge in [-0.05, 0) is 56.7 Å². The topological polar surface area (TPSA) is 183 Å². The lowest BCUT2D eigenvalue weighted by molar-refractivity contribution is -0.142. The fourth-order valence-electron chi connectivity index (χ4n) is 5.80. The summed E-state index contributed by atoms with van der Waals surface area (Å²) in [4.78, 5) is 32.5. The Morgan fingerprint density at radius 3 is 2.76 bits per heavy atom. The first kappa shape index (κ1) is 27.5. The zero-order valence-electron chi connectivity index (χ0n) is 23.3. The van der Waals surface area contributed by atoms with Crippen molar-refractivity contribution in [1.82, 2.24) is 34.8 Å². The van der Waals surface area contributed by atoms with Gasteiger partial charge >= 0.3 is 5.97 Å². The van der Waals surface area contributed by atoms with Crippen molar-refractivity contribution in [2.75, 3.05) is 18.9 Å². The number of aliphatic carboxylic acids is 1. The van der Waals surface area contributed by atoms with E-state index in [0.29, 0.717) is 35.5 Å². The number of rotatable bonds is 10. The molecule has 2 aliphatic rings. The molecule has 0 spiro atoms. The first-order valence-electron chi connectivity index (χ1n) is 14.0. The zero-order chi connectivity index (χ0) is 28.9. The Hall–Kier alpha value is -3.65. The Labute approximate surface area is 236 Å². The van der Waals surface area contributed by atoms with E-state index in [4.69, 9.17) is 4.74 Å². The number of anilines is 1. The van der Waals surface area contributed by atoms with Crippen LogP contribution in [0.25, 0.3) is 22.2 Å². The summed E-state index contributed by atoms with van der Waals surface area (Å²) >= 11 is 0. The predicted octanol–water partition coefficient (Wildman–Crippen LogP) is 1.73. The minimum absolute atomic E-state index is 0.323. The van der Waals surface area contributed by atoms with E-state index in [1.165, 1.54) is 6.33 Å². The highest BCUT2D eigenvalue weighted by Gasteiger charge is 2.44. The molecule has 0 amide bonds. The van der Waals surface area contributed by atoms with E-state index in [1.807, 2.05) is 18.2 Å². The molecule has 0 radical (unpaired) electrons. The number of nitrogens with one attached hydrogen (secondary N) is 3. The van der Waals surface area contributed by atoms with E-state index in [9.17, 15) is 20.1 Å². The molecule has 13 heteroatoms. The highest BCUT2D eigenvalue weighted by atomic mass is 16.6. The number of nitrogens with zero attached hydrogens (tertiary/aromatic N) is 5. The molecule has 6 rings (SSSR count). The van der Waals surface area contributed by atoms with Crippen molar-refractivity contribution in [2.45, 2.75) is 75.5 Å². The van der Waals surface area contributed by atoms with Gasteiger partial charge in [-0.15, -0.1) is 0 Å². The van der Waals surface area contributed by atoms with Crippen LogP contribution in [0.1, 0.15) is 50.7 Å². The average molecular weight is 565 g/mol. The second-order valence-corrected chi connectivity index (χ2v) is 11.7. The maximum atomic E-state index is 11.6. The molecular formula is C28H36N8O5. The number of aromatic amines is 1. The monoisotopic (exact) mass is 564 g/mol. The lowest BCUT2D eigenvalue weighted by Crippen LogP contribution is -2.46. The number of H-pyrrole nitrogens is 1. The Bertz CT molecular complexity index is 1560. The minimum Gasteiger partial charge on any atom is -0.481 e. The van der Waals surface area contributed by atoms with Gasteiger partial charge in [0.15, 0.2) is 17.7 Å². The van der Waals surface area contributed by atoms with E-state index < -0.39 is 35.9 Å². The maximum Gasteiger partial charge on any atom is 0.313 e. The lowest BCUT2D eigenvalue weighted by Gasteiger charge is -2.36. The fourth-order valence-corrected chi connectivity index (χ4v) is 5.80. The van der Waals surface area contributed by atoms with Gasteiger partial charge in [-0.25, -0.2) is 19.9 Å². The van der Waals surface area contributed by atoms with Gasteiger partial charge in [0, 0.05) is 26.1 Å². The largest absolute Gasteiger partial charge is 0.481 e. The molecule has 4 heterocycles. The van der Waals surface area contributed by atoms with Gasteiger partial charge in [0.25, 0.3) is 0 Å². The molecule has 218 valence electrons. The third-order valence-electron chi connectivity index (χ3n) is 8.63. The van der Waals surface area contributed by atoms with Crippen LogP contribution >= 0.6 is 0 Å². The summed E-state index contributed by atoms with van der Waals surface area (Å²) in [6.07, 6.45) is 3.29. The number of aliphatic hydroxyl groups is 2. The molecule has 1 saturated carbocycles. The number of carboxylic acids is 1. The van der Waals surface area contributed by atoms with Gasteiger partial charge in [0.2, 0.25) is 0 Å². The van der Waals surface area contributed by atoms with E-state index >= 15 is 0 Å². The van der Waals surface area contributed by atoms with Crippen molar-refractivity contribution >= 4 is 34.0 Å². The predicted molar refractivity (Wildman–Crippen MR) is 150 cm³/mol. The molecule has 13 nitrogen and oxygen atoms in total. The molecule has 4 unspecified atom stereocenters. The molecule has 1 aliphatic carbocycles. The van der Waals surface area contributed by atoms with Crippen LogP contribution in [0.4, 0.5) is 5.82 Å². The van der Waals surface area contributed by atoms with Gasteiger partial charge in [-0.2, -0.15) is 0 Å². The van der Waals surface area contributed by atoms with E-state index in [0.717, 1.165) is 48.1 Å². The van der Waals surface area contributed by atoms with E-state index in [-0.39, 0.29) is 0 Å². The van der Waals surface area contributed by atoms with Crippen LogP contribution in [0.15, 0.2) is 30.9 Å². The lowest BCUT2D eigenvalue weighted by atomic mass is 9.77. The van der Waals surface area contributed by atoms with Gasteiger partial charge in [-0.3, -0.25) is 9.36 Å². The van der Waals surface area contributed by atoms with Crippen molar-refractivity contribution in [3.8, 4) is 0 Å². The van der Waals surface area contributed by atoms with Crippen LogP contribution in [-0.4, -0.2) is 88.7 Å². The van der Waals surface area contributed by atoms with Crippen molar-refractivity contribution in [3.63, 3.8) is 0 Å². The summed E-state index contributed by atoms with van der Waals surface area (Å²) in [5.74, 6) is 1.19. The number of aryl methyl sites for hydroxylation is 1. The molecule has 6 N–H and O–H groups in total. The number of aliphatic hydroxyl groups excluding tert-OH is 2. The normalized spacial score (nSPS) is 26.5. The van der Waals surface area contributed by atoms with E-state index in [2.05, 4.69) is 35.6 Å². The van der Waals surface area contributed by atoms with Crippen LogP contribution < -0.4 is 10.6 Å². The third kappa shape index (κ3) is 5.03. The average Bonchev–Trinajstić information content (AvgIpc) is 3.62. The third-order valence-corrected chi connectivity index (χ3v) is 8.63. The molecule has 1 aromatic carbocycles. The number of imidazole rings is 2. The van der Waals surface area contributed by atoms with Gasteiger partial charge in [0.1, 0.15) is 36.0 Å². The van der Waals surface area contributed by atoms with Crippen molar-refractivity contribution < 1.29 is 24.9 Å². The van der Waals surface area contributed by atoms with Crippen LogP contribution in [-0.2, 0) is 21.4 Å². The second-order valence-electron chi connectivity index (χ2n) is 11.7. The highest BCUT2D eigenvalue weighted by Crippen LogP contribution is 2.34. The standard InChI is InChI=1S/C28H36N8O5/c1-28(2,27(39)40)15-5-6-17-18(10-15)35-20(34-17)7-4-14-8-16(9-14)30-11-19-22(37)23(38)26(41-19)36-13-33-21-24(29-3)31-12-32-25(21)36/h5-6,10,12-14,16,19,22-23,26,30,37-38H,4,7-9,11H2,1-3H3,(H,34,35)(H,39,40)(H,29,31,32).